The highest BCUT2D eigenvalue weighted by Crippen LogP contribution is 2.31. The standard InChI is InChI=1S/C15H19N3O2/c1-10-6-5-7-11(2)18(10)14-13(15(19)20)17-9-4-3-8-12(17)16-14/h3-4,8-11H,5-7H2,1-2H3,(H,19,20)/t10-,11+. The first kappa shape index (κ1) is 13.0. The van der Waals surface area contributed by atoms with Gasteiger partial charge in [0.2, 0.25) is 0 Å². The number of pyridine rings is 1. The number of rotatable bonds is 2. The van der Waals surface area contributed by atoms with E-state index in [0.717, 1.165) is 12.8 Å². The SMILES string of the molecule is C[C@@H]1CCC[C@H](C)N1c1nc2ccccn2c1C(=O)O. The molecule has 1 fully saturated rings. The number of imidazole rings is 1. The van der Waals surface area contributed by atoms with Crippen molar-refractivity contribution in [3.8, 4) is 0 Å². The number of carboxylic acid groups (broad SMARTS) is 1. The van der Waals surface area contributed by atoms with Crippen LogP contribution in [0.25, 0.3) is 5.65 Å². The maximum absolute atomic E-state index is 11.7. The molecular formula is C15H19N3O2. The smallest absolute Gasteiger partial charge is 0.356 e. The Bertz CT molecular complexity index is 640. The minimum absolute atomic E-state index is 0.265. The highest BCUT2D eigenvalue weighted by molar-refractivity contribution is 5.93. The van der Waals surface area contributed by atoms with Gasteiger partial charge in [-0.1, -0.05) is 6.07 Å². The molecule has 1 N–H and O–H groups in total. The molecule has 1 aliphatic rings. The number of aromatic carboxylic acids is 1. The van der Waals surface area contributed by atoms with E-state index in [1.807, 2.05) is 18.2 Å². The van der Waals surface area contributed by atoms with Crippen LogP contribution < -0.4 is 4.90 Å². The van der Waals surface area contributed by atoms with E-state index in [9.17, 15) is 9.90 Å². The van der Waals surface area contributed by atoms with Crippen LogP contribution in [0, 0.1) is 0 Å². The topological polar surface area (TPSA) is 57.8 Å². The summed E-state index contributed by atoms with van der Waals surface area (Å²) >= 11 is 0. The highest BCUT2D eigenvalue weighted by atomic mass is 16.4. The van der Waals surface area contributed by atoms with E-state index >= 15 is 0 Å². The molecule has 0 aromatic carbocycles. The maximum Gasteiger partial charge on any atom is 0.356 e. The first-order valence-electron chi connectivity index (χ1n) is 7.08. The van der Waals surface area contributed by atoms with Crippen LogP contribution in [-0.2, 0) is 0 Å². The Kier molecular flexibility index (Phi) is 3.12. The van der Waals surface area contributed by atoms with Crippen molar-refractivity contribution >= 4 is 17.4 Å². The summed E-state index contributed by atoms with van der Waals surface area (Å²) in [6, 6.07) is 6.19. The zero-order valence-electron chi connectivity index (χ0n) is 11.8. The fourth-order valence-electron chi connectivity index (χ4n) is 3.20. The second kappa shape index (κ2) is 4.81. The van der Waals surface area contributed by atoms with Gasteiger partial charge in [-0.2, -0.15) is 0 Å². The van der Waals surface area contributed by atoms with E-state index in [0.29, 0.717) is 23.5 Å². The van der Waals surface area contributed by atoms with Gasteiger partial charge >= 0.3 is 5.97 Å². The lowest BCUT2D eigenvalue weighted by atomic mass is 9.97. The van der Waals surface area contributed by atoms with Gasteiger partial charge in [-0.25, -0.2) is 9.78 Å². The number of hydrogen-bond acceptors (Lipinski definition) is 3. The molecule has 0 saturated carbocycles. The Labute approximate surface area is 117 Å². The van der Waals surface area contributed by atoms with Crippen molar-refractivity contribution in [1.82, 2.24) is 9.38 Å². The summed E-state index contributed by atoms with van der Waals surface area (Å²) in [6.45, 7) is 4.29. The normalized spacial score (nSPS) is 23.2. The van der Waals surface area contributed by atoms with Crippen LogP contribution in [0.1, 0.15) is 43.6 Å². The highest BCUT2D eigenvalue weighted by Gasteiger charge is 2.31. The molecule has 1 saturated heterocycles. The van der Waals surface area contributed by atoms with E-state index in [-0.39, 0.29) is 5.69 Å². The van der Waals surface area contributed by atoms with Gasteiger partial charge in [0.25, 0.3) is 0 Å². The fraction of sp³-hybridized carbons (Fsp3) is 0.467. The number of nitrogens with zero attached hydrogens (tertiary/aromatic N) is 3. The van der Waals surface area contributed by atoms with Crippen LogP contribution >= 0.6 is 0 Å². The molecule has 5 nitrogen and oxygen atoms in total. The number of aromatic nitrogens is 2. The van der Waals surface area contributed by atoms with Gasteiger partial charge in [0.15, 0.2) is 11.5 Å². The summed E-state index contributed by atoms with van der Waals surface area (Å²) in [7, 11) is 0. The lowest BCUT2D eigenvalue weighted by Gasteiger charge is -2.39. The quantitative estimate of drug-likeness (QED) is 0.914. The molecule has 20 heavy (non-hydrogen) atoms. The summed E-state index contributed by atoms with van der Waals surface area (Å²) in [5, 5.41) is 9.57. The van der Waals surface area contributed by atoms with Gasteiger partial charge in [-0.15, -0.1) is 0 Å². The molecule has 3 heterocycles. The van der Waals surface area contributed by atoms with Crippen LogP contribution in [0.4, 0.5) is 5.82 Å². The molecule has 3 rings (SSSR count). The Morgan fingerprint density at radius 3 is 2.65 bits per heavy atom. The van der Waals surface area contributed by atoms with Crippen LogP contribution in [-0.4, -0.2) is 32.5 Å². The van der Waals surface area contributed by atoms with Crippen LogP contribution in [0.15, 0.2) is 24.4 Å². The molecule has 1 aliphatic heterocycles. The average molecular weight is 273 g/mol. The van der Waals surface area contributed by atoms with E-state index in [1.165, 1.54) is 6.42 Å². The predicted molar refractivity (Wildman–Crippen MR) is 77.4 cm³/mol. The molecule has 0 amide bonds. The first-order chi connectivity index (χ1) is 9.59. The zero-order chi connectivity index (χ0) is 14.3. The monoisotopic (exact) mass is 273 g/mol. The number of hydrogen-bond donors (Lipinski definition) is 1. The van der Waals surface area contributed by atoms with Gasteiger partial charge in [0, 0.05) is 18.3 Å². The van der Waals surface area contributed by atoms with E-state index in [1.54, 1.807) is 10.6 Å². The summed E-state index contributed by atoms with van der Waals surface area (Å²) in [6.07, 6.45) is 5.11. The molecule has 2 aromatic rings. The minimum Gasteiger partial charge on any atom is -0.476 e. The molecular weight excluding hydrogens is 254 g/mol. The van der Waals surface area contributed by atoms with Gasteiger partial charge < -0.3 is 10.0 Å². The molecule has 0 aliphatic carbocycles. The molecule has 0 bridgehead atoms. The Balaban J connectivity index is 2.19. The summed E-state index contributed by atoms with van der Waals surface area (Å²) in [5.41, 5.74) is 0.950. The van der Waals surface area contributed by atoms with Crippen LogP contribution in [0.3, 0.4) is 0 Å². The van der Waals surface area contributed by atoms with Gasteiger partial charge in [-0.3, -0.25) is 4.40 Å². The third-order valence-electron chi connectivity index (χ3n) is 4.15. The first-order valence-corrected chi connectivity index (χ1v) is 7.08. The molecule has 5 heteroatoms. The lowest BCUT2D eigenvalue weighted by molar-refractivity contribution is 0.0690. The summed E-state index contributed by atoms with van der Waals surface area (Å²) < 4.78 is 1.66. The molecule has 0 radical (unpaired) electrons. The summed E-state index contributed by atoms with van der Waals surface area (Å²) in [5.74, 6) is -0.327. The third kappa shape index (κ3) is 1.94. The van der Waals surface area contributed by atoms with Crippen LogP contribution in [0.5, 0.6) is 0 Å². The van der Waals surface area contributed by atoms with Crippen molar-refractivity contribution in [3.63, 3.8) is 0 Å². The molecule has 2 atom stereocenters. The van der Waals surface area contributed by atoms with E-state index in [4.69, 9.17) is 0 Å². The largest absolute Gasteiger partial charge is 0.476 e. The van der Waals surface area contributed by atoms with Crippen molar-refractivity contribution in [3.05, 3.63) is 30.1 Å². The number of carboxylic acids is 1. The second-order valence-electron chi connectivity index (χ2n) is 5.55. The van der Waals surface area contributed by atoms with Gasteiger partial charge in [-0.05, 0) is 45.2 Å². The van der Waals surface area contributed by atoms with Gasteiger partial charge in [0.05, 0.1) is 0 Å². The maximum atomic E-state index is 11.7. The van der Waals surface area contributed by atoms with Crippen molar-refractivity contribution < 1.29 is 9.90 Å². The summed E-state index contributed by atoms with van der Waals surface area (Å²) in [4.78, 5) is 18.4. The van der Waals surface area contributed by atoms with Crippen molar-refractivity contribution in [2.24, 2.45) is 0 Å². The molecule has 2 aromatic heterocycles. The number of piperidine rings is 1. The second-order valence-corrected chi connectivity index (χ2v) is 5.55. The Morgan fingerprint density at radius 1 is 1.30 bits per heavy atom. The Morgan fingerprint density at radius 2 is 2.00 bits per heavy atom. The minimum atomic E-state index is -0.927. The van der Waals surface area contributed by atoms with Crippen molar-refractivity contribution in [2.75, 3.05) is 4.90 Å². The lowest BCUT2D eigenvalue weighted by Crippen LogP contribution is -2.44. The fourth-order valence-corrected chi connectivity index (χ4v) is 3.20. The number of anilines is 1. The van der Waals surface area contributed by atoms with E-state index in [2.05, 4.69) is 23.7 Å². The molecule has 106 valence electrons. The molecule has 0 unspecified atom stereocenters. The van der Waals surface area contributed by atoms with Crippen LogP contribution in [0.2, 0.25) is 0 Å². The number of fused-ring (bicyclic) bond motifs is 1. The van der Waals surface area contributed by atoms with E-state index < -0.39 is 5.97 Å². The molecule has 0 spiro atoms. The van der Waals surface area contributed by atoms with Crippen molar-refractivity contribution in [2.45, 2.75) is 45.2 Å². The average Bonchev–Trinajstić information content (AvgIpc) is 2.77. The third-order valence-corrected chi connectivity index (χ3v) is 4.15. The van der Waals surface area contributed by atoms with Crippen molar-refractivity contribution in [1.29, 1.82) is 0 Å². The predicted octanol–water partition coefficient (Wildman–Crippen LogP) is 2.80. The number of carbonyl (C=O) groups is 1. The zero-order valence-corrected chi connectivity index (χ0v) is 11.8. The van der Waals surface area contributed by atoms with Gasteiger partial charge in [0.1, 0.15) is 5.65 Å². The Hall–Kier alpha value is -2.04.